The lowest BCUT2D eigenvalue weighted by molar-refractivity contribution is -0.122. The first-order valence-electron chi connectivity index (χ1n) is 5.75. The van der Waals surface area contributed by atoms with Crippen LogP contribution in [0.4, 0.5) is 0 Å². The Morgan fingerprint density at radius 3 is 2.87 bits per heavy atom. The van der Waals surface area contributed by atoms with Gasteiger partial charge in [-0.15, -0.1) is 0 Å². The first kappa shape index (κ1) is 12.5. The summed E-state index contributed by atoms with van der Waals surface area (Å²) in [5.74, 6) is 0.698. The summed E-state index contributed by atoms with van der Waals surface area (Å²) in [6, 6.07) is 0. The van der Waals surface area contributed by atoms with Crippen molar-refractivity contribution < 1.29 is 9.90 Å². The molecule has 0 saturated carbocycles. The SMILES string of the molecule is CC(C)CCNC(=O)CN1CCC(O)C1. The highest BCUT2D eigenvalue weighted by Crippen LogP contribution is 2.07. The summed E-state index contributed by atoms with van der Waals surface area (Å²) in [5.41, 5.74) is 0. The van der Waals surface area contributed by atoms with Crippen LogP contribution >= 0.6 is 0 Å². The summed E-state index contributed by atoms with van der Waals surface area (Å²) in [5, 5.41) is 12.2. The third kappa shape index (κ3) is 5.14. The molecule has 1 amide bonds. The molecule has 1 fully saturated rings. The van der Waals surface area contributed by atoms with Crippen LogP contribution in [0.2, 0.25) is 0 Å². The summed E-state index contributed by atoms with van der Waals surface area (Å²) in [6.45, 7) is 6.93. The van der Waals surface area contributed by atoms with Crippen molar-refractivity contribution in [3.05, 3.63) is 0 Å². The Labute approximate surface area is 91.6 Å². The largest absolute Gasteiger partial charge is 0.392 e. The fourth-order valence-electron chi connectivity index (χ4n) is 1.72. The number of amides is 1. The van der Waals surface area contributed by atoms with E-state index in [9.17, 15) is 9.90 Å². The van der Waals surface area contributed by atoms with Gasteiger partial charge in [-0.3, -0.25) is 9.69 Å². The Bertz CT molecular complexity index is 207. The highest BCUT2D eigenvalue weighted by molar-refractivity contribution is 5.78. The average Bonchev–Trinajstić information content (AvgIpc) is 2.50. The molecular weight excluding hydrogens is 192 g/mol. The minimum Gasteiger partial charge on any atom is -0.392 e. The Morgan fingerprint density at radius 1 is 1.60 bits per heavy atom. The van der Waals surface area contributed by atoms with E-state index >= 15 is 0 Å². The van der Waals surface area contributed by atoms with Gasteiger partial charge in [0.05, 0.1) is 12.6 Å². The number of hydrogen-bond donors (Lipinski definition) is 2. The topological polar surface area (TPSA) is 52.6 Å². The highest BCUT2D eigenvalue weighted by atomic mass is 16.3. The first-order valence-corrected chi connectivity index (χ1v) is 5.75. The quantitative estimate of drug-likeness (QED) is 0.688. The van der Waals surface area contributed by atoms with Crippen molar-refractivity contribution in [3.8, 4) is 0 Å². The van der Waals surface area contributed by atoms with Gasteiger partial charge in [0.25, 0.3) is 0 Å². The van der Waals surface area contributed by atoms with Crippen LogP contribution in [0.15, 0.2) is 0 Å². The van der Waals surface area contributed by atoms with Crippen LogP contribution in [0.1, 0.15) is 26.7 Å². The number of nitrogens with zero attached hydrogens (tertiary/aromatic N) is 1. The Hall–Kier alpha value is -0.610. The summed E-state index contributed by atoms with van der Waals surface area (Å²) >= 11 is 0. The van der Waals surface area contributed by atoms with E-state index in [1.54, 1.807) is 0 Å². The number of aliphatic hydroxyl groups excluding tert-OH is 1. The highest BCUT2D eigenvalue weighted by Gasteiger charge is 2.21. The van der Waals surface area contributed by atoms with Gasteiger partial charge in [0, 0.05) is 19.6 Å². The molecule has 1 atom stereocenters. The molecular formula is C11H22N2O2. The molecule has 0 aromatic carbocycles. The number of hydrogen-bond acceptors (Lipinski definition) is 3. The molecule has 15 heavy (non-hydrogen) atoms. The maximum Gasteiger partial charge on any atom is 0.234 e. The van der Waals surface area contributed by atoms with Crippen LogP contribution < -0.4 is 5.32 Å². The lowest BCUT2D eigenvalue weighted by atomic mass is 10.1. The molecule has 1 unspecified atom stereocenters. The molecule has 1 heterocycles. The summed E-state index contributed by atoms with van der Waals surface area (Å²) in [6.07, 6.45) is 1.57. The van der Waals surface area contributed by atoms with Gasteiger partial charge >= 0.3 is 0 Å². The van der Waals surface area contributed by atoms with Gasteiger partial charge in [0.1, 0.15) is 0 Å². The standard InChI is InChI=1S/C11H22N2O2/c1-9(2)3-5-12-11(15)8-13-6-4-10(14)7-13/h9-10,14H,3-8H2,1-2H3,(H,12,15). The maximum atomic E-state index is 11.5. The third-order valence-electron chi connectivity index (χ3n) is 2.66. The molecule has 0 aromatic heterocycles. The van der Waals surface area contributed by atoms with Crippen LogP contribution in [-0.2, 0) is 4.79 Å². The van der Waals surface area contributed by atoms with Crippen molar-refractivity contribution in [1.82, 2.24) is 10.2 Å². The second-order valence-corrected chi connectivity index (χ2v) is 4.71. The molecule has 1 aliphatic heterocycles. The summed E-state index contributed by atoms with van der Waals surface area (Å²) in [7, 11) is 0. The molecule has 4 heteroatoms. The Kier molecular flexibility index (Phi) is 5.05. The van der Waals surface area contributed by atoms with Crippen LogP contribution in [0.3, 0.4) is 0 Å². The smallest absolute Gasteiger partial charge is 0.234 e. The monoisotopic (exact) mass is 214 g/mol. The van der Waals surface area contributed by atoms with Crippen LogP contribution in [-0.4, -0.2) is 48.2 Å². The number of aliphatic hydroxyl groups is 1. The molecule has 1 aliphatic rings. The number of carbonyl (C=O) groups is 1. The molecule has 88 valence electrons. The fourth-order valence-corrected chi connectivity index (χ4v) is 1.72. The molecule has 1 saturated heterocycles. The zero-order chi connectivity index (χ0) is 11.3. The van der Waals surface area contributed by atoms with E-state index in [0.717, 1.165) is 25.9 Å². The zero-order valence-corrected chi connectivity index (χ0v) is 9.70. The van der Waals surface area contributed by atoms with Crippen molar-refractivity contribution in [2.45, 2.75) is 32.8 Å². The number of rotatable bonds is 5. The van der Waals surface area contributed by atoms with Gasteiger partial charge < -0.3 is 10.4 Å². The second kappa shape index (κ2) is 6.08. The fraction of sp³-hybridized carbons (Fsp3) is 0.909. The molecule has 0 aromatic rings. The van der Waals surface area contributed by atoms with E-state index in [2.05, 4.69) is 19.2 Å². The predicted molar refractivity (Wildman–Crippen MR) is 59.5 cm³/mol. The Balaban J connectivity index is 2.08. The van der Waals surface area contributed by atoms with Gasteiger partial charge in [-0.05, 0) is 18.8 Å². The second-order valence-electron chi connectivity index (χ2n) is 4.71. The van der Waals surface area contributed by atoms with Crippen LogP contribution in [0, 0.1) is 5.92 Å². The molecule has 0 aliphatic carbocycles. The molecule has 4 nitrogen and oxygen atoms in total. The number of likely N-dealkylation sites (tertiary alicyclic amines) is 1. The van der Waals surface area contributed by atoms with Gasteiger partial charge in [-0.1, -0.05) is 13.8 Å². The molecule has 1 rings (SSSR count). The molecule has 0 spiro atoms. The Morgan fingerprint density at radius 2 is 2.33 bits per heavy atom. The van der Waals surface area contributed by atoms with Crippen LogP contribution in [0.5, 0.6) is 0 Å². The molecule has 0 radical (unpaired) electrons. The predicted octanol–water partition coefficient (Wildman–Crippen LogP) is 0.215. The number of carbonyl (C=O) groups excluding carboxylic acids is 1. The van der Waals surface area contributed by atoms with Crippen LogP contribution in [0.25, 0.3) is 0 Å². The first-order chi connectivity index (χ1) is 7.08. The van der Waals surface area contributed by atoms with Gasteiger partial charge in [0.2, 0.25) is 5.91 Å². The average molecular weight is 214 g/mol. The van der Waals surface area contributed by atoms with Crippen molar-refractivity contribution >= 4 is 5.91 Å². The van der Waals surface area contributed by atoms with E-state index in [-0.39, 0.29) is 12.0 Å². The summed E-state index contributed by atoms with van der Waals surface area (Å²) in [4.78, 5) is 13.4. The van der Waals surface area contributed by atoms with E-state index in [0.29, 0.717) is 19.0 Å². The molecule has 0 bridgehead atoms. The lowest BCUT2D eigenvalue weighted by Crippen LogP contribution is -2.37. The number of nitrogens with one attached hydrogen (secondary N) is 1. The van der Waals surface area contributed by atoms with E-state index in [1.165, 1.54) is 0 Å². The van der Waals surface area contributed by atoms with E-state index < -0.39 is 0 Å². The van der Waals surface area contributed by atoms with Gasteiger partial charge in [-0.25, -0.2) is 0 Å². The van der Waals surface area contributed by atoms with Crippen molar-refractivity contribution in [2.75, 3.05) is 26.2 Å². The van der Waals surface area contributed by atoms with Crippen molar-refractivity contribution in [3.63, 3.8) is 0 Å². The van der Waals surface area contributed by atoms with E-state index in [1.807, 2.05) is 4.90 Å². The summed E-state index contributed by atoms with van der Waals surface area (Å²) < 4.78 is 0. The minimum absolute atomic E-state index is 0.0738. The normalized spacial score (nSPS) is 22.3. The lowest BCUT2D eigenvalue weighted by Gasteiger charge is -2.14. The van der Waals surface area contributed by atoms with Crippen molar-refractivity contribution in [1.29, 1.82) is 0 Å². The third-order valence-corrected chi connectivity index (χ3v) is 2.66. The molecule has 2 N–H and O–H groups in total. The minimum atomic E-state index is -0.242. The number of β-amino-alcohol motifs (C(OH)–C–C–N with tert-alkyl or cyclic N) is 1. The van der Waals surface area contributed by atoms with Gasteiger partial charge in [0.15, 0.2) is 0 Å². The maximum absolute atomic E-state index is 11.5. The van der Waals surface area contributed by atoms with Gasteiger partial charge in [-0.2, -0.15) is 0 Å². The van der Waals surface area contributed by atoms with E-state index in [4.69, 9.17) is 0 Å². The zero-order valence-electron chi connectivity index (χ0n) is 9.70. The van der Waals surface area contributed by atoms with Crippen molar-refractivity contribution in [2.24, 2.45) is 5.92 Å².